The van der Waals surface area contributed by atoms with Crippen molar-refractivity contribution in [3.63, 3.8) is 0 Å². The van der Waals surface area contributed by atoms with Gasteiger partial charge in [-0.25, -0.2) is 8.78 Å². The number of benzene rings is 1. The maximum absolute atomic E-state index is 13.8. The van der Waals surface area contributed by atoms with Gasteiger partial charge in [-0.3, -0.25) is 4.79 Å². The number of hydrogen-bond donors (Lipinski definition) is 1. The molecule has 0 saturated heterocycles. The predicted molar refractivity (Wildman–Crippen MR) is 87.7 cm³/mol. The second-order valence-electron chi connectivity index (χ2n) is 7.15. The van der Waals surface area contributed by atoms with Gasteiger partial charge in [0.2, 0.25) is 11.7 Å². The van der Waals surface area contributed by atoms with Gasteiger partial charge >= 0.3 is 6.18 Å². The third-order valence-corrected chi connectivity index (χ3v) is 4.52. The van der Waals surface area contributed by atoms with Crippen molar-refractivity contribution in [3.8, 4) is 0 Å². The first-order valence-corrected chi connectivity index (χ1v) is 8.46. The van der Waals surface area contributed by atoms with Crippen LogP contribution in [-0.4, -0.2) is 37.7 Å². The number of halogens is 5. The topological polar surface area (TPSA) is 77.0 Å². The van der Waals surface area contributed by atoms with Gasteiger partial charge in [0.05, 0.1) is 6.54 Å². The van der Waals surface area contributed by atoms with Crippen molar-refractivity contribution in [2.24, 2.45) is 5.73 Å². The molecule has 2 N–H and O–H groups in total. The van der Waals surface area contributed by atoms with E-state index in [9.17, 15) is 26.7 Å². The maximum atomic E-state index is 13.8. The molecule has 28 heavy (non-hydrogen) atoms. The lowest BCUT2D eigenvalue weighted by atomic mass is 9.89. The minimum Gasteiger partial charge on any atom is -0.333 e. The number of aromatic nitrogens is 3. The molecule has 6 nitrogen and oxygen atoms in total. The Labute approximate surface area is 157 Å². The van der Waals surface area contributed by atoms with E-state index in [4.69, 9.17) is 5.73 Å². The van der Waals surface area contributed by atoms with Crippen LogP contribution in [0.25, 0.3) is 0 Å². The molecule has 2 heterocycles. The maximum Gasteiger partial charge on any atom is 0.451 e. The minimum atomic E-state index is -4.62. The summed E-state index contributed by atoms with van der Waals surface area (Å²) in [6.07, 6.45) is -4.89. The van der Waals surface area contributed by atoms with Crippen molar-refractivity contribution in [1.82, 2.24) is 19.7 Å². The Balaban J connectivity index is 1.68. The highest BCUT2D eigenvalue weighted by Crippen LogP contribution is 2.29. The highest BCUT2D eigenvalue weighted by atomic mass is 19.4. The van der Waals surface area contributed by atoms with Crippen molar-refractivity contribution >= 4 is 5.91 Å². The summed E-state index contributed by atoms with van der Waals surface area (Å²) in [5.74, 6) is -2.73. The first-order chi connectivity index (χ1) is 13.0. The molecule has 1 amide bonds. The number of nitrogens with two attached hydrogens (primary N) is 1. The van der Waals surface area contributed by atoms with Crippen molar-refractivity contribution in [2.75, 3.05) is 6.54 Å². The highest BCUT2D eigenvalue weighted by molar-refractivity contribution is 5.77. The smallest absolute Gasteiger partial charge is 0.333 e. The molecular formula is C17H18F5N5O. The van der Waals surface area contributed by atoms with Gasteiger partial charge in [0.15, 0.2) is 5.82 Å². The van der Waals surface area contributed by atoms with Gasteiger partial charge in [-0.2, -0.15) is 13.2 Å². The lowest BCUT2D eigenvalue weighted by Gasteiger charge is -2.32. The van der Waals surface area contributed by atoms with Crippen LogP contribution in [0.2, 0.25) is 0 Å². The number of nitrogens with zero attached hydrogens (tertiary/aromatic N) is 4. The summed E-state index contributed by atoms with van der Waals surface area (Å²) in [4.78, 5) is 13.9. The van der Waals surface area contributed by atoms with Gasteiger partial charge in [-0.15, -0.1) is 10.2 Å². The lowest BCUT2D eigenvalue weighted by molar-refractivity contribution is -0.148. The van der Waals surface area contributed by atoms with Crippen LogP contribution in [0.5, 0.6) is 0 Å². The molecule has 1 unspecified atom stereocenters. The molecule has 11 heteroatoms. The Morgan fingerprint density at radius 1 is 1.21 bits per heavy atom. The fourth-order valence-corrected chi connectivity index (χ4v) is 3.21. The molecule has 0 saturated carbocycles. The summed E-state index contributed by atoms with van der Waals surface area (Å²) in [5.41, 5.74) is 4.99. The normalized spacial score (nSPS) is 16.6. The van der Waals surface area contributed by atoms with Crippen LogP contribution in [-0.2, 0) is 30.5 Å². The Morgan fingerprint density at radius 3 is 2.61 bits per heavy atom. The van der Waals surface area contributed by atoms with Gasteiger partial charge in [0.1, 0.15) is 11.6 Å². The first kappa shape index (κ1) is 20.2. The Bertz CT molecular complexity index is 893. The van der Waals surface area contributed by atoms with Crippen molar-refractivity contribution < 1.29 is 26.7 Å². The van der Waals surface area contributed by atoms with Crippen molar-refractivity contribution in [2.45, 2.75) is 44.6 Å². The average Bonchev–Trinajstić information content (AvgIpc) is 3.00. The van der Waals surface area contributed by atoms with Gasteiger partial charge < -0.3 is 15.2 Å². The van der Waals surface area contributed by atoms with Crippen LogP contribution in [0.4, 0.5) is 22.0 Å². The van der Waals surface area contributed by atoms with Crippen LogP contribution in [0.3, 0.4) is 0 Å². The molecule has 1 atom stereocenters. The summed E-state index contributed by atoms with van der Waals surface area (Å²) in [6, 6.07) is 2.99. The summed E-state index contributed by atoms with van der Waals surface area (Å²) in [5, 5.41) is 6.68. The third kappa shape index (κ3) is 4.29. The molecule has 0 spiro atoms. The molecule has 1 aromatic heterocycles. The number of carbonyl (C=O) groups is 1. The van der Waals surface area contributed by atoms with E-state index in [1.807, 2.05) is 0 Å². The number of carbonyl (C=O) groups excluding carboxylic acids is 1. The fourth-order valence-electron chi connectivity index (χ4n) is 3.21. The first-order valence-electron chi connectivity index (χ1n) is 8.46. The number of rotatable bonds is 4. The van der Waals surface area contributed by atoms with E-state index in [1.165, 1.54) is 11.8 Å². The zero-order valence-corrected chi connectivity index (χ0v) is 14.9. The molecule has 152 valence electrons. The average molecular weight is 403 g/mol. The Kier molecular flexibility index (Phi) is 5.13. The number of amides is 1. The van der Waals surface area contributed by atoms with Crippen LogP contribution in [0, 0.1) is 11.6 Å². The number of fused-ring (bicyclic) bond motifs is 1. The highest BCUT2D eigenvalue weighted by Gasteiger charge is 2.40. The monoisotopic (exact) mass is 403 g/mol. The molecule has 3 rings (SSSR count). The number of hydrogen-bond acceptors (Lipinski definition) is 4. The van der Waals surface area contributed by atoms with Crippen LogP contribution < -0.4 is 5.73 Å². The molecule has 1 aliphatic rings. The zero-order valence-electron chi connectivity index (χ0n) is 14.9. The summed E-state index contributed by atoms with van der Waals surface area (Å²) in [6.45, 7) is 1.34. The second kappa shape index (κ2) is 7.12. The molecule has 0 bridgehead atoms. The molecule has 0 aliphatic carbocycles. The van der Waals surface area contributed by atoms with E-state index in [0.717, 1.165) is 22.8 Å². The lowest BCUT2D eigenvalue weighted by Crippen LogP contribution is -2.47. The van der Waals surface area contributed by atoms with Crippen LogP contribution in [0.1, 0.15) is 30.6 Å². The molecule has 0 radical (unpaired) electrons. The fraction of sp³-hybridized carbons (Fsp3) is 0.471. The van der Waals surface area contributed by atoms with Crippen LogP contribution >= 0.6 is 0 Å². The molecular weight excluding hydrogens is 385 g/mol. The Hall–Kier alpha value is -2.56. The number of alkyl halides is 3. The molecule has 1 aromatic carbocycles. The quantitative estimate of drug-likeness (QED) is 0.795. The zero-order chi connectivity index (χ0) is 20.7. The Morgan fingerprint density at radius 2 is 1.93 bits per heavy atom. The van der Waals surface area contributed by atoms with Crippen LogP contribution in [0.15, 0.2) is 18.2 Å². The van der Waals surface area contributed by atoms with E-state index >= 15 is 0 Å². The van der Waals surface area contributed by atoms with E-state index < -0.39 is 35.1 Å². The van der Waals surface area contributed by atoms with Gasteiger partial charge in [-0.1, -0.05) is 0 Å². The van der Waals surface area contributed by atoms with E-state index in [1.54, 1.807) is 0 Å². The second-order valence-corrected chi connectivity index (χ2v) is 7.15. The SMILES string of the molecule is CC(N)(CC(=O)N1CCn2c(nnc2C(F)(F)F)C1)Cc1cc(F)ccc1F. The molecule has 1 aliphatic heterocycles. The standard InChI is InChI=1S/C17H18F5N5O/c1-16(23,7-10-6-11(18)2-3-12(10)19)8-14(28)26-4-5-27-13(9-26)24-25-15(27)17(20,21)22/h2-3,6H,4-5,7-9,23H2,1H3. The summed E-state index contributed by atoms with van der Waals surface area (Å²) in [7, 11) is 0. The molecule has 2 aromatic rings. The largest absolute Gasteiger partial charge is 0.451 e. The predicted octanol–water partition coefficient (Wildman–Crippen LogP) is 2.27. The van der Waals surface area contributed by atoms with Gasteiger partial charge in [0, 0.05) is 25.0 Å². The summed E-state index contributed by atoms with van der Waals surface area (Å²) >= 11 is 0. The minimum absolute atomic E-state index is 0.0295. The van der Waals surface area contributed by atoms with E-state index in [-0.39, 0.29) is 43.9 Å². The van der Waals surface area contributed by atoms with E-state index in [2.05, 4.69) is 10.2 Å². The summed E-state index contributed by atoms with van der Waals surface area (Å²) < 4.78 is 66.7. The van der Waals surface area contributed by atoms with Crippen molar-refractivity contribution in [3.05, 3.63) is 47.0 Å². The van der Waals surface area contributed by atoms with Gasteiger partial charge in [0.25, 0.3) is 0 Å². The van der Waals surface area contributed by atoms with Crippen molar-refractivity contribution in [1.29, 1.82) is 0 Å². The van der Waals surface area contributed by atoms with E-state index in [0.29, 0.717) is 0 Å². The molecule has 0 fully saturated rings. The third-order valence-electron chi connectivity index (χ3n) is 4.52. The van der Waals surface area contributed by atoms with Gasteiger partial charge in [-0.05, 0) is 37.1 Å².